The molecule has 1 saturated carbocycles. The molecule has 0 aromatic rings. The summed E-state index contributed by atoms with van der Waals surface area (Å²) >= 11 is 0. The number of hydrogen-bond donors (Lipinski definition) is 2. The Hall–Kier alpha value is -0.380. The first-order chi connectivity index (χ1) is 9.66. The highest BCUT2D eigenvalue weighted by Crippen LogP contribution is 2.28. The predicted octanol–water partition coefficient (Wildman–Crippen LogP) is 0.846. The van der Waals surface area contributed by atoms with Crippen molar-refractivity contribution in [3.63, 3.8) is 0 Å². The van der Waals surface area contributed by atoms with Gasteiger partial charge in [-0.15, -0.1) is 0 Å². The van der Waals surface area contributed by atoms with E-state index in [9.17, 15) is 26.7 Å². The fourth-order valence-corrected chi connectivity index (χ4v) is 4.48. The molecule has 0 radical (unpaired) electrons. The molecule has 0 amide bonds. The summed E-state index contributed by atoms with van der Waals surface area (Å²) in [6, 6.07) is -0.378. The van der Waals surface area contributed by atoms with Gasteiger partial charge in [0.1, 0.15) is 0 Å². The van der Waals surface area contributed by atoms with Gasteiger partial charge in [-0.05, 0) is 19.3 Å². The Balaban J connectivity index is 1.91. The Morgan fingerprint density at radius 2 is 1.95 bits per heavy atom. The van der Waals surface area contributed by atoms with Crippen LogP contribution in [0.4, 0.5) is 13.2 Å². The lowest BCUT2D eigenvalue weighted by atomic mass is 10.1. The first kappa shape index (κ1) is 17.0. The molecule has 124 valence electrons. The van der Waals surface area contributed by atoms with E-state index in [1.165, 1.54) is 0 Å². The number of likely N-dealkylation sites (tertiary alicyclic amines) is 1. The van der Waals surface area contributed by atoms with Gasteiger partial charge in [0.05, 0.1) is 18.3 Å². The standard InChI is InChI=1S/C12H21F3N2O3S/c13-12(14,15)5-7-21(19,20)16-10-2-1-3-11(10)17-6-4-9(18)8-17/h9-11,16,18H,1-8H2/t9?,10-,11+/m1/s1. The maximum Gasteiger partial charge on any atom is 0.390 e. The van der Waals surface area contributed by atoms with E-state index in [0.717, 1.165) is 12.8 Å². The Labute approximate surface area is 122 Å². The second-order valence-electron chi connectivity index (χ2n) is 5.84. The lowest BCUT2D eigenvalue weighted by molar-refractivity contribution is -0.130. The molecule has 5 nitrogen and oxygen atoms in total. The normalized spacial score (nSPS) is 31.9. The Morgan fingerprint density at radius 3 is 2.52 bits per heavy atom. The van der Waals surface area contributed by atoms with Crippen LogP contribution in [0.5, 0.6) is 0 Å². The van der Waals surface area contributed by atoms with Gasteiger partial charge in [-0.25, -0.2) is 13.1 Å². The molecule has 2 aliphatic rings. The van der Waals surface area contributed by atoms with E-state index in [-0.39, 0.29) is 12.1 Å². The van der Waals surface area contributed by atoms with Gasteiger partial charge in [0.15, 0.2) is 0 Å². The van der Waals surface area contributed by atoms with Crippen molar-refractivity contribution in [2.75, 3.05) is 18.8 Å². The van der Waals surface area contributed by atoms with E-state index in [2.05, 4.69) is 4.72 Å². The molecule has 3 atom stereocenters. The number of nitrogens with zero attached hydrogens (tertiary/aromatic N) is 1. The molecule has 1 aliphatic carbocycles. The molecule has 21 heavy (non-hydrogen) atoms. The van der Waals surface area contributed by atoms with Gasteiger partial charge in [0.25, 0.3) is 0 Å². The maximum atomic E-state index is 12.1. The third kappa shape index (κ3) is 5.08. The van der Waals surface area contributed by atoms with Gasteiger partial charge < -0.3 is 5.11 Å². The van der Waals surface area contributed by atoms with Crippen molar-refractivity contribution in [2.45, 2.75) is 56.5 Å². The summed E-state index contributed by atoms with van der Waals surface area (Å²) in [5, 5.41) is 9.55. The zero-order valence-electron chi connectivity index (χ0n) is 11.6. The van der Waals surface area contributed by atoms with Crippen LogP contribution in [0, 0.1) is 0 Å². The van der Waals surface area contributed by atoms with Gasteiger partial charge in [-0.2, -0.15) is 13.2 Å². The Kier molecular flexibility index (Phi) is 5.17. The molecule has 0 aromatic carbocycles. The zero-order valence-corrected chi connectivity index (χ0v) is 12.5. The minimum Gasteiger partial charge on any atom is -0.392 e. The number of aliphatic hydroxyl groups excluding tert-OH is 1. The van der Waals surface area contributed by atoms with Crippen LogP contribution >= 0.6 is 0 Å². The fraction of sp³-hybridized carbons (Fsp3) is 1.00. The average Bonchev–Trinajstić information content (AvgIpc) is 2.94. The molecular formula is C12H21F3N2O3S. The number of halogens is 3. The molecule has 2 N–H and O–H groups in total. The highest BCUT2D eigenvalue weighted by molar-refractivity contribution is 7.89. The van der Waals surface area contributed by atoms with Crippen molar-refractivity contribution in [1.82, 2.24) is 9.62 Å². The number of aliphatic hydroxyl groups is 1. The van der Waals surface area contributed by atoms with Crippen LogP contribution < -0.4 is 4.72 Å². The Morgan fingerprint density at radius 1 is 1.24 bits per heavy atom. The van der Waals surface area contributed by atoms with E-state index in [4.69, 9.17) is 0 Å². The summed E-state index contributed by atoms with van der Waals surface area (Å²) < 4.78 is 62.4. The molecule has 0 spiro atoms. The smallest absolute Gasteiger partial charge is 0.390 e. The molecule has 1 unspecified atom stereocenters. The molecular weight excluding hydrogens is 309 g/mol. The second-order valence-corrected chi connectivity index (χ2v) is 7.72. The van der Waals surface area contributed by atoms with E-state index in [1.807, 2.05) is 4.90 Å². The number of alkyl halides is 3. The molecule has 2 fully saturated rings. The number of nitrogens with one attached hydrogen (secondary N) is 1. The summed E-state index contributed by atoms with van der Waals surface area (Å²) in [6.45, 7) is 1.21. The SMILES string of the molecule is O=S(=O)(CCC(F)(F)F)N[C@@H]1CCC[C@@H]1N1CCC(O)C1. The molecule has 1 heterocycles. The molecule has 1 saturated heterocycles. The monoisotopic (exact) mass is 330 g/mol. The van der Waals surface area contributed by atoms with Gasteiger partial charge in [-0.1, -0.05) is 6.42 Å². The number of β-amino-alcohol motifs (C(OH)–C–C–N with tert-alkyl or cyclic N) is 1. The largest absolute Gasteiger partial charge is 0.392 e. The van der Waals surface area contributed by atoms with Crippen molar-refractivity contribution in [3.8, 4) is 0 Å². The van der Waals surface area contributed by atoms with Crippen LogP contribution in [0.15, 0.2) is 0 Å². The zero-order chi connectivity index (χ0) is 15.7. The van der Waals surface area contributed by atoms with Crippen LogP contribution in [0.3, 0.4) is 0 Å². The van der Waals surface area contributed by atoms with Crippen LogP contribution in [0.25, 0.3) is 0 Å². The predicted molar refractivity (Wildman–Crippen MR) is 71.2 cm³/mol. The highest BCUT2D eigenvalue weighted by atomic mass is 32.2. The van der Waals surface area contributed by atoms with E-state index in [0.29, 0.717) is 25.9 Å². The molecule has 1 aliphatic heterocycles. The summed E-state index contributed by atoms with van der Waals surface area (Å²) in [6.07, 6.45) is -3.27. The van der Waals surface area contributed by atoms with Crippen LogP contribution in [0.2, 0.25) is 0 Å². The Bertz CT molecular complexity index is 455. The van der Waals surface area contributed by atoms with Gasteiger partial charge in [-0.3, -0.25) is 4.90 Å². The van der Waals surface area contributed by atoms with Crippen LogP contribution in [-0.2, 0) is 10.0 Å². The van der Waals surface area contributed by atoms with Gasteiger partial charge in [0.2, 0.25) is 10.0 Å². The van der Waals surface area contributed by atoms with Crippen molar-refractivity contribution in [2.24, 2.45) is 0 Å². The highest BCUT2D eigenvalue weighted by Gasteiger charge is 2.38. The number of sulfonamides is 1. The molecule has 9 heteroatoms. The van der Waals surface area contributed by atoms with Gasteiger partial charge in [0, 0.05) is 25.2 Å². The third-order valence-corrected chi connectivity index (χ3v) is 5.53. The van der Waals surface area contributed by atoms with E-state index < -0.39 is 34.5 Å². The number of hydrogen-bond acceptors (Lipinski definition) is 4. The lowest BCUT2D eigenvalue weighted by Gasteiger charge is -2.29. The van der Waals surface area contributed by atoms with E-state index >= 15 is 0 Å². The fourth-order valence-electron chi connectivity index (χ4n) is 3.12. The molecule has 0 aromatic heterocycles. The maximum absolute atomic E-state index is 12.1. The van der Waals surface area contributed by atoms with Crippen molar-refractivity contribution >= 4 is 10.0 Å². The second kappa shape index (κ2) is 6.39. The van der Waals surface area contributed by atoms with E-state index in [1.54, 1.807) is 0 Å². The summed E-state index contributed by atoms with van der Waals surface area (Å²) in [4.78, 5) is 2.04. The quantitative estimate of drug-likeness (QED) is 0.784. The lowest BCUT2D eigenvalue weighted by Crippen LogP contribution is -2.48. The summed E-state index contributed by atoms with van der Waals surface area (Å²) in [5.41, 5.74) is 0. The average molecular weight is 330 g/mol. The first-order valence-corrected chi connectivity index (χ1v) is 8.80. The van der Waals surface area contributed by atoms with Gasteiger partial charge >= 0.3 is 6.18 Å². The van der Waals surface area contributed by atoms with Crippen molar-refractivity contribution in [1.29, 1.82) is 0 Å². The first-order valence-electron chi connectivity index (χ1n) is 7.15. The van der Waals surface area contributed by atoms with Crippen molar-refractivity contribution < 1.29 is 26.7 Å². The molecule has 0 bridgehead atoms. The summed E-state index contributed by atoms with van der Waals surface area (Å²) in [5.74, 6) is -0.928. The topological polar surface area (TPSA) is 69.6 Å². The minimum absolute atomic E-state index is 0.0252. The number of rotatable bonds is 5. The van der Waals surface area contributed by atoms with Crippen molar-refractivity contribution in [3.05, 3.63) is 0 Å². The molecule has 2 rings (SSSR count). The van der Waals surface area contributed by atoms with Crippen LogP contribution in [0.1, 0.15) is 32.1 Å². The van der Waals surface area contributed by atoms with Crippen LogP contribution in [-0.4, -0.2) is 61.6 Å². The summed E-state index contributed by atoms with van der Waals surface area (Å²) in [7, 11) is -3.93. The minimum atomic E-state index is -4.47. The third-order valence-electron chi connectivity index (χ3n) is 4.13.